The molecule has 0 spiro atoms. The monoisotopic (exact) mass is 422 g/mol. The molecule has 162 valence electrons. The zero-order valence-electron chi connectivity index (χ0n) is 19.6. The van der Waals surface area contributed by atoms with Crippen molar-refractivity contribution in [3.05, 3.63) is 72.8 Å². The first-order valence-electron chi connectivity index (χ1n) is 11.0. The molecule has 0 N–H and O–H groups in total. The van der Waals surface area contributed by atoms with E-state index in [4.69, 9.17) is 9.16 Å². The molecular formula is C27H38O2Si. The summed E-state index contributed by atoms with van der Waals surface area (Å²) in [5.74, 6) is 0. The van der Waals surface area contributed by atoms with E-state index in [1.807, 2.05) is 0 Å². The third-order valence-corrected chi connectivity index (χ3v) is 11.2. The second-order valence-electron chi connectivity index (χ2n) is 10.8. The molecule has 0 bridgehead atoms. The van der Waals surface area contributed by atoms with Crippen LogP contribution in [0.15, 0.2) is 72.8 Å². The van der Waals surface area contributed by atoms with Crippen molar-refractivity contribution in [2.45, 2.75) is 65.0 Å². The predicted octanol–water partition coefficient (Wildman–Crippen LogP) is 5.71. The molecule has 0 radical (unpaired) electrons. The summed E-state index contributed by atoms with van der Waals surface area (Å²) in [7, 11) is -2.55. The lowest BCUT2D eigenvalue weighted by Crippen LogP contribution is -2.67. The van der Waals surface area contributed by atoms with E-state index in [0.717, 1.165) is 19.4 Å². The summed E-state index contributed by atoms with van der Waals surface area (Å²) in [5.41, 5.74) is 1.05. The molecule has 3 rings (SSSR count). The lowest BCUT2D eigenvalue weighted by Gasteiger charge is -2.45. The SMILES string of the molecule is C=C(C)CC1(CO[Si](c2ccccc2)(c2ccccc2)C(C)(C)C)COC(C)(C)C1. The molecule has 1 atom stereocenters. The standard InChI is InChI=1S/C27H38O2Si/c1-22(2)18-27(19-26(6,7)28-20-27)21-29-30(25(3,4)5,23-14-10-8-11-15-23)24-16-12-9-13-17-24/h8-17H,1,18-21H2,2-7H3. The van der Waals surface area contributed by atoms with E-state index < -0.39 is 8.32 Å². The van der Waals surface area contributed by atoms with Crippen molar-refractivity contribution in [3.63, 3.8) is 0 Å². The van der Waals surface area contributed by atoms with Crippen LogP contribution in [0.25, 0.3) is 0 Å². The van der Waals surface area contributed by atoms with Gasteiger partial charge < -0.3 is 9.16 Å². The van der Waals surface area contributed by atoms with Crippen molar-refractivity contribution in [2.75, 3.05) is 13.2 Å². The van der Waals surface area contributed by atoms with Crippen LogP contribution in [0.2, 0.25) is 5.04 Å². The molecule has 1 aliphatic rings. The van der Waals surface area contributed by atoms with Crippen molar-refractivity contribution < 1.29 is 9.16 Å². The van der Waals surface area contributed by atoms with E-state index >= 15 is 0 Å². The maximum absolute atomic E-state index is 7.27. The molecule has 30 heavy (non-hydrogen) atoms. The van der Waals surface area contributed by atoms with E-state index in [1.165, 1.54) is 15.9 Å². The Morgan fingerprint density at radius 1 is 1.00 bits per heavy atom. The van der Waals surface area contributed by atoms with Gasteiger partial charge in [0.1, 0.15) is 0 Å². The van der Waals surface area contributed by atoms with Gasteiger partial charge in [-0.3, -0.25) is 0 Å². The predicted molar refractivity (Wildman–Crippen MR) is 130 cm³/mol. The smallest absolute Gasteiger partial charge is 0.261 e. The van der Waals surface area contributed by atoms with Gasteiger partial charge in [-0.1, -0.05) is 87.0 Å². The van der Waals surface area contributed by atoms with Gasteiger partial charge in [0.05, 0.1) is 12.2 Å². The van der Waals surface area contributed by atoms with Crippen molar-refractivity contribution in [2.24, 2.45) is 5.41 Å². The summed E-state index contributed by atoms with van der Waals surface area (Å²) in [6.45, 7) is 19.1. The van der Waals surface area contributed by atoms with E-state index in [1.54, 1.807) is 0 Å². The Balaban J connectivity index is 2.08. The van der Waals surface area contributed by atoms with Gasteiger partial charge >= 0.3 is 0 Å². The van der Waals surface area contributed by atoms with Gasteiger partial charge in [-0.2, -0.15) is 0 Å². The van der Waals surface area contributed by atoms with Gasteiger partial charge in [-0.25, -0.2) is 0 Å². The highest BCUT2D eigenvalue weighted by molar-refractivity contribution is 6.99. The van der Waals surface area contributed by atoms with E-state index in [2.05, 4.69) is 109 Å². The molecule has 2 nitrogen and oxygen atoms in total. The van der Waals surface area contributed by atoms with E-state index in [0.29, 0.717) is 6.61 Å². The summed E-state index contributed by atoms with van der Waals surface area (Å²) in [4.78, 5) is 0. The number of hydrogen-bond acceptors (Lipinski definition) is 2. The second kappa shape index (κ2) is 8.45. The van der Waals surface area contributed by atoms with Crippen LogP contribution in [0.5, 0.6) is 0 Å². The molecule has 1 aliphatic heterocycles. The lowest BCUT2D eigenvalue weighted by molar-refractivity contribution is 0.0270. The average molecular weight is 423 g/mol. The summed E-state index contributed by atoms with van der Waals surface area (Å²) in [6, 6.07) is 21.8. The molecule has 3 heteroatoms. The second-order valence-corrected chi connectivity index (χ2v) is 15.1. The molecule has 0 amide bonds. The Morgan fingerprint density at radius 2 is 1.50 bits per heavy atom. The van der Waals surface area contributed by atoms with Gasteiger partial charge in [-0.15, -0.1) is 6.58 Å². The van der Waals surface area contributed by atoms with Crippen molar-refractivity contribution >= 4 is 18.7 Å². The number of hydrogen-bond donors (Lipinski definition) is 0. The minimum Gasteiger partial charge on any atom is -0.407 e. The number of benzene rings is 2. The highest BCUT2D eigenvalue weighted by Crippen LogP contribution is 2.45. The molecular weight excluding hydrogens is 384 g/mol. The van der Waals surface area contributed by atoms with Crippen LogP contribution >= 0.6 is 0 Å². The topological polar surface area (TPSA) is 18.5 Å². The van der Waals surface area contributed by atoms with Crippen LogP contribution in [0.1, 0.15) is 54.4 Å². The molecule has 0 saturated carbocycles. The molecule has 2 aromatic rings. The Morgan fingerprint density at radius 3 is 1.87 bits per heavy atom. The summed E-state index contributed by atoms with van der Waals surface area (Å²) in [6.07, 6.45) is 1.93. The van der Waals surface area contributed by atoms with Crippen LogP contribution in [0, 0.1) is 5.41 Å². The summed E-state index contributed by atoms with van der Waals surface area (Å²) in [5, 5.41) is 2.63. The molecule has 1 heterocycles. The Bertz CT molecular complexity index is 812. The number of ether oxygens (including phenoxy) is 1. The third kappa shape index (κ3) is 4.64. The minimum absolute atomic E-state index is 0.0188. The summed E-state index contributed by atoms with van der Waals surface area (Å²) < 4.78 is 13.5. The fraction of sp³-hybridized carbons (Fsp3) is 0.481. The first-order chi connectivity index (χ1) is 14.0. The summed E-state index contributed by atoms with van der Waals surface area (Å²) >= 11 is 0. The van der Waals surface area contributed by atoms with Gasteiger partial charge in [-0.05, 0) is 49.0 Å². The number of rotatable bonds is 7. The van der Waals surface area contributed by atoms with E-state index in [9.17, 15) is 0 Å². The fourth-order valence-electron chi connectivity index (χ4n) is 5.27. The third-order valence-electron chi connectivity index (χ3n) is 6.26. The number of allylic oxidation sites excluding steroid dienone is 1. The normalized spacial score (nSPS) is 21.5. The van der Waals surface area contributed by atoms with Crippen molar-refractivity contribution in [3.8, 4) is 0 Å². The molecule has 0 aliphatic carbocycles. The molecule has 0 aromatic heterocycles. The Hall–Kier alpha value is -1.68. The zero-order valence-corrected chi connectivity index (χ0v) is 20.6. The van der Waals surface area contributed by atoms with Crippen LogP contribution in [0.3, 0.4) is 0 Å². The highest BCUT2D eigenvalue weighted by Gasteiger charge is 2.53. The van der Waals surface area contributed by atoms with Crippen LogP contribution < -0.4 is 10.4 Å². The molecule has 1 unspecified atom stereocenters. The molecule has 2 aromatic carbocycles. The maximum Gasteiger partial charge on any atom is 0.261 e. The first kappa shape index (κ1) is 23.0. The van der Waals surface area contributed by atoms with Gasteiger partial charge in [0.2, 0.25) is 0 Å². The van der Waals surface area contributed by atoms with Crippen molar-refractivity contribution in [1.29, 1.82) is 0 Å². The quantitative estimate of drug-likeness (QED) is 0.420. The first-order valence-corrected chi connectivity index (χ1v) is 12.9. The molecule has 1 saturated heterocycles. The van der Waals surface area contributed by atoms with Gasteiger partial charge in [0, 0.05) is 12.0 Å². The molecule has 1 fully saturated rings. The van der Waals surface area contributed by atoms with Gasteiger partial charge in [0.15, 0.2) is 0 Å². The fourth-order valence-corrected chi connectivity index (χ4v) is 9.95. The maximum atomic E-state index is 7.27. The largest absolute Gasteiger partial charge is 0.407 e. The minimum atomic E-state index is -2.55. The van der Waals surface area contributed by atoms with Gasteiger partial charge in [0.25, 0.3) is 8.32 Å². The average Bonchev–Trinajstić information content (AvgIpc) is 2.97. The van der Waals surface area contributed by atoms with Crippen molar-refractivity contribution in [1.82, 2.24) is 0 Å². The lowest BCUT2D eigenvalue weighted by atomic mass is 9.78. The zero-order chi connectivity index (χ0) is 22.0. The van der Waals surface area contributed by atoms with E-state index in [-0.39, 0.29) is 16.1 Å². The van der Waals surface area contributed by atoms with Crippen LogP contribution in [-0.2, 0) is 9.16 Å². The Kier molecular flexibility index (Phi) is 6.48. The van der Waals surface area contributed by atoms with Crippen LogP contribution in [-0.4, -0.2) is 27.1 Å². The van der Waals surface area contributed by atoms with Crippen LogP contribution in [0.4, 0.5) is 0 Å². The Labute approximate surface area is 184 Å². The highest BCUT2D eigenvalue weighted by atomic mass is 28.4.